The highest BCUT2D eigenvalue weighted by Crippen LogP contribution is 2.33. The number of likely N-dealkylation sites (tertiary alicyclic amines) is 1. The highest BCUT2D eigenvalue weighted by molar-refractivity contribution is 5.80. The minimum Gasteiger partial charge on any atom is -0.473 e. The number of amides is 1. The van der Waals surface area contributed by atoms with Gasteiger partial charge in [-0.25, -0.2) is 9.59 Å². The van der Waals surface area contributed by atoms with E-state index in [0.717, 1.165) is 22.2 Å². The molecule has 0 saturated carbocycles. The predicted octanol–water partition coefficient (Wildman–Crippen LogP) is 6.45. The lowest BCUT2D eigenvalue weighted by Gasteiger charge is -2.37. The number of piperidine rings is 1. The van der Waals surface area contributed by atoms with Gasteiger partial charge in [0, 0.05) is 25.1 Å². The Balaban J connectivity index is 1.32. The number of pyridine rings is 1. The van der Waals surface area contributed by atoms with Crippen LogP contribution in [-0.4, -0.2) is 55.0 Å². The van der Waals surface area contributed by atoms with Crippen LogP contribution in [-0.2, 0) is 24.5 Å². The predicted molar refractivity (Wildman–Crippen MR) is 184 cm³/mol. The summed E-state index contributed by atoms with van der Waals surface area (Å²) in [5, 5.41) is 11.1. The largest absolute Gasteiger partial charge is 0.473 e. The van der Waals surface area contributed by atoms with Crippen molar-refractivity contribution < 1.29 is 24.1 Å². The Morgan fingerprint density at radius 1 is 0.896 bits per heavy atom. The summed E-state index contributed by atoms with van der Waals surface area (Å²) in [7, 11) is 0. The summed E-state index contributed by atoms with van der Waals surface area (Å²) in [5.41, 5.74) is 3.96. The van der Waals surface area contributed by atoms with Crippen LogP contribution in [0.1, 0.15) is 56.7 Å². The second kappa shape index (κ2) is 13.9. The number of aromatic nitrogens is 3. The van der Waals surface area contributed by atoms with Crippen molar-refractivity contribution in [2.24, 2.45) is 0 Å². The number of hydrogen-bond donors (Lipinski definition) is 1. The van der Waals surface area contributed by atoms with Crippen LogP contribution in [0, 0.1) is 0 Å². The van der Waals surface area contributed by atoms with E-state index in [9.17, 15) is 14.7 Å². The maximum atomic E-state index is 14.0. The number of fused-ring (bicyclic) bond motifs is 1. The average molecular weight is 651 g/mol. The molecule has 0 bridgehead atoms. The molecule has 48 heavy (non-hydrogen) atoms. The van der Waals surface area contributed by atoms with Gasteiger partial charge in [-0.1, -0.05) is 66.7 Å². The van der Waals surface area contributed by atoms with Gasteiger partial charge < -0.3 is 24.2 Å². The van der Waals surface area contributed by atoms with Gasteiger partial charge in [0.05, 0.1) is 23.7 Å². The standard InChI is InChI=1S/C38H42N4O6/c1-5-41-32-22-28(29-20-21-40(23-33(29)43)37(45)48-38(2,3)4)16-17-30(32)42(36(41)44)31-18-19-34(46-24-26-12-8-6-9-13-26)39-35(31)47-25-27-14-10-7-11-15-27/h6-19,22,29,33,43H,5,20-21,23-25H2,1-4H3/t29-,33+/m0/s1. The fraction of sp³-hybridized carbons (Fsp3) is 0.342. The Hall–Kier alpha value is -5.09. The Morgan fingerprint density at radius 3 is 2.19 bits per heavy atom. The van der Waals surface area contributed by atoms with Crippen molar-refractivity contribution in [1.82, 2.24) is 19.0 Å². The minimum atomic E-state index is -0.779. The number of nitrogens with zero attached hydrogens (tertiary/aromatic N) is 4. The smallest absolute Gasteiger partial charge is 0.410 e. The third kappa shape index (κ3) is 7.23. The zero-order valence-corrected chi connectivity index (χ0v) is 27.8. The third-order valence-corrected chi connectivity index (χ3v) is 8.43. The molecule has 1 amide bonds. The van der Waals surface area contributed by atoms with Gasteiger partial charge in [0.1, 0.15) is 24.5 Å². The second-order valence-electron chi connectivity index (χ2n) is 13.0. The maximum Gasteiger partial charge on any atom is 0.410 e. The number of ether oxygens (including phenoxy) is 3. The van der Waals surface area contributed by atoms with Crippen LogP contribution in [0.15, 0.2) is 95.8 Å². The normalized spacial score (nSPS) is 16.6. The molecule has 10 heteroatoms. The lowest BCUT2D eigenvalue weighted by Crippen LogP contribution is -2.47. The molecule has 1 aliphatic heterocycles. The number of aryl methyl sites for hydroxylation is 1. The molecule has 10 nitrogen and oxygen atoms in total. The molecule has 5 aromatic rings. The van der Waals surface area contributed by atoms with Gasteiger partial charge >= 0.3 is 11.8 Å². The quantitative estimate of drug-likeness (QED) is 0.195. The van der Waals surface area contributed by atoms with E-state index in [4.69, 9.17) is 19.2 Å². The zero-order valence-electron chi connectivity index (χ0n) is 27.8. The molecule has 1 fully saturated rings. The van der Waals surface area contributed by atoms with E-state index in [1.165, 1.54) is 0 Å². The van der Waals surface area contributed by atoms with Gasteiger partial charge in [0.2, 0.25) is 11.8 Å². The summed E-state index contributed by atoms with van der Waals surface area (Å²) in [6, 6.07) is 29.0. The van der Waals surface area contributed by atoms with Gasteiger partial charge in [-0.15, -0.1) is 0 Å². The zero-order chi connectivity index (χ0) is 33.8. The van der Waals surface area contributed by atoms with E-state index in [2.05, 4.69) is 0 Å². The molecule has 1 N–H and O–H groups in total. The lowest BCUT2D eigenvalue weighted by molar-refractivity contribution is -0.00151. The summed E-state index contributed by atoms with van der Waals surface area (Å²) >= 11 is 0. The van der Waals surface area contributed by atoms with Crippen molar-refractivity contribution in [3.63, 3.8) is 0 Å². The minimum absolute atomic E-state index is 0.172. The maximum absolute atomic E-state index is 14.0. The highest BCUT2D eigenvalue weighted by atomic mass is 16.6. The summed E-state index contributed by atoms with van der Waals surface area (Å²) in [6.45, 7) is 9.07. The number of rotatable bonds is 9. The molecule has 1 aliphatic rings. The van der Waals surface area contributed by atoms with Crippen molar-refractivity contribution in [2.75, 3.05) is 13.1 Å². The third-order valence-electron chi connectivity index (χ3n) is 8.43. The van der Waals surface area contributed by atoms with Crippen molar-refractivity contribution >= 4 is 17.1 Å². The Kier molecular flexibility index (Phi) is 9.54. The molecule has 250 valence electrons. The van der Waals surface area contributed by atoms with Gasteiger partial charge in [-0.05, 0) is 69.0 Å². The van der Waals surface area contributed by atoms with Crippen molar-refractivity contribution in [2.45, 2.75) is 71.5 Å². The fourth-order valence-corrected chi connectivity index (χ4v) is 6.08. The van der Waals surface area contributed by atoms with E-state index < -0.39 is 17.8 Å². The first kappa shape index (κ1) is 32.8. The summed E-state index contributed by atoms with van der Waals surface area (Å²) in [6.07, 6.45) is -0.643. The first-order valence-corrected chi connectivity index (χ1v) is 16.4. The first-order chi connectivity index (χ1) is 23.1. The number of benzene rings is 3. The van der Waals surface area contributed by atoms with Crippen molar-refractivity contribution in [3.05, 3.63) is 118 Å². The molecule has 0 radical (unpaired) electrons. The Morgan fingerprint density at radius 2 is 1.56 bits per heavy atom. The van der Waals surface area contributed by atoms with Crippen LogP contribution < -0.4 is 15.2 Å². The van der Waals surface area contributed by atoms with E-state index in [-0.39, 0.29) is 30.6 Å². The van der Waals surface area contributed by atoms with E-state index >= 15 is 0 Å². The van der Waals surface area contributed by atoms with Crippen molar-refractivity contribution in [1.29, 1.82) is 0 Å². The van der Waals surface area contributed by atoms with Crippen LogP contribution in [0.5, 0.6) is 11.8 Å². The van der Waals surface area contributed by atoms with Gasteiger partial charge in [-0.2, -0.15) is 4.98 Å². The molecule has 2 atom stereocenters. The molecule has 0 spiro atoms. The number of hydrogen-bond acceptors (Lipinski definition) is 7. The fourth-order valence-electron chi connectivity index (χ4n) is 6.08. The highest BCUT2D eigenvalue weighted by Gasteiger charge is 2.34. The van der Waals surface area contributed by atoms with E-state index in [1.54, 1.807) is 26.2 Å². The lowest BCUT2D eigenvalue weighted by atomic mass is 9.87. The Bertz CT molecular complexity index is 1930. The number of aliphatic hydroxyl groups excluding tert-OH is 1. The molecule has 3 aromatic carbocycles. The average Bonchev–Trinajstić information content (AvgIpc) is 3.36. The van der Waals surface area contributed by atoms with Crippen LogP contribution in [0.4, 0.5) is 4.79 Å². The van der Waals surface area contributed by atoms with Crippen LogP contribution >= 0.6 is 0 Å². The van der Waals surface area contributed by atoms with Crippen LogP contribution in [0.2, 0.25) is 0 Å². The summed E-state index contributed by atoms with van der Waals surface area (Å²) < 4.78 is 21.1. The SMILES string of the molecule is CCn1c(=O)n(-c2ccc(OCc3ccccc3)nc2OCc2ccccc2)c2ccc([C@@H]3CCN(C(=O)OC(C)(C)C)C[C@H]3O)cc21. The van der Waals surface area contributed by atoms with Crippen LogP contribution in [0.3, 0.4) is 0 Å². The molecule has 6 rings (SSSR count). The van der Waals surface area contributed by atoms with Crippen LogP contribution in [0.25, 0.3) is 16.7 Å². The number of β-amino-alcohol motifs (C(OH)–C–C–N with tert-alkyl or cyclic N) is 1. The number of imidazole rings is 1. The topological polar surface area (TPSA) is 108 Å². The number of aliphatic hydroxyl groups is 1. The summed E-state index contributed by atoms with van der Waals surface area (Å²) in [5.74, 6) is 0.451. The molecule has 2 aromatic heterocycles. The molecule has 0 aliphatic carbocycles. The van der Waals surface area contributed by atoms with Crippen molar-refractivity contribution in [3.8, 4) is 17.4 Å². The first-order valence-electron chi connectivity index (χ1n) is 16.4. The molecular weight excluding hydrogens is 608 g/mol. The van der Waals surface area contributed by atoms with Gasteiger partial charge in [-0.3, -0.25) is 9.13 Å². The monoisotopic (exact) mass is 650 g/mol. The van der Waals surface area contributed by atoms with Gasteiger partial charge in [0.15, 0.2) is 0 Å². The molecule has 0 unspecified atom stereocenters. The second-order valence-corrected chi connectivity index (χ2v) is 13.0. The number of carbonyl (C=O) groups excluding carboxylic acids is 1. The molecule has 3 heterocycles. The molecule has 1 saturated heterocycles. The van der Waals surface area contributed by atoms with E-state index in [1.807, 2.05) is 107 Å². The van der Waals surface area contributed by atoms with E-state index in [0.29, 0.717) is 43.2 Å². The Labute approximate surface area is 280 Å². The summed E-state index contributed by atoms with van der Waals surface area (Å²) in [4.78, 5) is 32.9. The molecular formula is C38H42N4O6. The number of carbonyl (C=O) groups is 1. The van der Waals surface area contributed by atoms with Gasteiger partial charge in [0.25, 0.3) is 0 Å².